The van der Waals surface area contributed by atoms with E-state index in [1.807, 2.05) is 30.3 Å². The predicted molar refractivity (Wildman–Crippen MR) is 92.0 cm³/mol. The highest BCUT2D eigenvalue weighted by Crippen LogP contribution is 2.21. The molecule has 2 aromatic carbocycles. The molecule has 122 valence electrons. The van der Waals surface area contributed by atoms with Gasteiger partial charge in [-0.2, -0.15) is 4.31 Å². The van der Waals surface area contributed by atoms with Crippen molar-refractivity contribution in [3.63, 3.8) is 0 Å². The third kappa shape index (κ3) is 4.89. The Morgan fingerprint density at radius 2 is 1.65 bits per heavy atom. The summed E-state index contributed by atoms with van der Waals surface area (Å²) in [6, 6.07) is 15.6. The van der Waals surface area contributed by atoms with Crippen LogP contribution in [-0.2, 0) is 21.4 Å². The summed E-state index contributed by atoms with van der Waals surface area (Å²) in [5, 5.41) is 0. The van der Waals surface area contributed by atoms with Gasteiger partial charge in [-0.1, -0.05) is 46.3 Å². The van der Waals surface area contributed by atoms with Gasteiger partial charge in [-0.05, 0) is 29.8 Å². The molecule has 5 nitrogen and oxygen atoms in total. The van der Waals surface area contributed by atoms with Crippen LogP contribution in [0.2, 0.25) is 0 Å². The van der Waals surface area contributed by atoms with Gasteiger partial charge in [-0.15, -0.1) is 0 Å². The summed E-state index contributed by atoms with van der Waals surface area (Å²) in [7, 11) is -3.71. The summed E-state index contributed by atoms with van der Waals surface area (Å²) >= 11 is 3.28. The first-order chi connectivity index (χ1) is 10.9. The van der Waals surface area contributed by atoms with Crippen molar-refractivity contribution in [2.75, 3.05) is 6.54 Å². The SMILES string of the molecule is NC(=O)CCN(Cc1ccccc1)S(=O)(=O)c1ccc(Br)cc1. The Morgan fingerprint density at radius 3 is 2.22 bits per heavy atom. The third-order valence-electron chi connectivity index (χ3n) is 3.26. The van der Waals surface area contributed by atoms with Gasteiger partial charge >= 0.3 is 0 Å². The summed E-state index contributed by atoms with van der Waals surface area (Å²) < 4.78 is 27.7. The summed E-state index contributed by atoms with van der Waals surface area (Å²) in [6.07, 6.45) is -0.0252. The average Bonchev–Trinajstić information content (AvgIpc) is 2.52. The first kappa shape index (κ1) is 17.7. The zero-order valence-corrected chi connectivity index (χ0v) is 14.8. The van der Waals surface area contributed by atoms with Crippen LogP contribution in [0.3, 0.4) is 0 Å². The third-order valence-corrected chi connectivity index (χ3v) is 5.65. The number of hydrogen-bond acceptors (Lipinski definition) is 3. The van der Waals surface area contributed by atoms with Crippen molar-refractivity contribution in [2.24, 2.45) is 5.73 Å². The standard InChI is InChI=1S/C16H17BrN2O3S/c17-14-6-8-15(9-7-14)23(21,22)19(11-10-16(18)20)12-13-4-2-1-3-5-13/h1-9H,10-12H2,(H2,18,20). The van der Waals surface area contributed by atoms with Crippen molar-refractivity contribution in [3.05, 3.63) is 64.6 Å². The van der Waals surface area contributed by atoms with E-state index >= 15 is 0 Å². The van der Waals surface area contributed by atoms with Crippen molar-refractivity contribution >= 4 is 31.9 Å². The Morgan fingerprint density at radius 1 is 1.04 bits per heavy atom. The van der Waals surface area contributed by atoms with Crippen molar-refractivity contribution < 1.29 is 13.2 Å². The highest BCUT2D eigenvalue weighted by atomic mass is 79.9. The van der Waals surface area contributed by atoms with Gasteiger partial charge in [0, 0.05) is 24.0 Å². The molecule has 0 aliphatic carbocycles. The van der Waals surface area contributed by atoms with Crippen molar-refractivity contribution in [1.82, 2.24) is 4.31 Å². The lowest BCUT2D eigenvalue weighted by Gasteiger charge is -2.22. The van der Waals surface area contributed by atoms with Crippen molar-refractivity contribution in [3.8, 4) is 0 Å². The second kappa shape index (κ2) is 7.72. The van der Waals surface area contributed by atoms with E-state index in [4.69, 9.17) is 5.73 Å². The molecular formula is C16H17BrN2O3S. The van der Waals surface area contributed by atoms with Gasteiger partial charge in [0.1, 0.15) is 0 Å². The minimum atomic E-state index is -3.71. The van der Waals surface area contributed by atoms with Crippen LogP contribution in [-0.4, -0.2) is 25.2 Å². The smallest absolute Gasteiger partial charge is 0.243 e. The monoisotopic (exact) mass is 396 g/mol. The molecule has 0 fully saturated rings. The predicted octanol–water partition coefficient (Wildman–Crippen LogP) is 2.52. The molecule has 2 aromatic rings. The van der Waals surface area contributed by atoms with Gasteiger partial charge in [-0.25, -0.2) is 8.42 Å². The maximum atomic E-state index is 12.8. The summed E-state index contributed by atoms with van der Waals surface area (Å²) in [4.78, 5) is 11.2. The number of nitrogens with zero attached hydrogens (tertiary/aromatic N) is 1. The van der Waals surface area contributed by atoms with Crippen LogP contribution in [0.5, 0.6) is 0 Å². The molecule has 0 saturated heterocycles. The first-order valence-corrected chi connectivity index (χ1v) is 9.21. The molecule has 2 rings (SSSR count). The van der Waals surface area contributed by atoms with E-state index in [2.05, 4.69) is 15.9 Å². The van der Waals surface area contributed by atoms with Gasteiger partial charge in [-0.3, -0.25) is 4.79 Å². The van der Waals surface area contributed by atoms with E-state index in [-0.39, 0.29) is 24.4 Å². The molecule has 0 unspecified atom stereocenters. The van der Waals surface area contributed by atoms with Crippen LogP contribution >= 0.6 is 15.9 Å². The number of benzene rings is 2. The Balaban J connectivity index is 2.31. The molecule has 0 saturated carbocycles. The van der Waals surface area contributed by atoms with Crippen molar-refractivity contribution in [2.45, 2.75) is 17.9 Å². The molecule has 0 bridgehead atoms. The van der Waals surface area contributed by atoms with E-state index in [9.17, 15) is 13.2 Å². The largest absolute Gasteiger partial charge is 0.370 e. The number of hydrogen-bond donors (Lipinski definition) is 1. The van der Waals surface area contributed by atoms with Gasteiger partial charge in [0.15, 0.2) is 0 Å². The quantitative estimate of drug-likeness (QED) is 0.780. The fourth-order valence-electron chi connectivity index (χ4n) is 2.06. The maximum absolute atomic E-state index is 12.8. The van der Waals surface area contributed by atoms with Crippen LogP contribution < -0.4 is 5.73 Å². The number of primary amides is 1. The van der Waals surface area contributed by atoms with Crippen LogP contribution in [0.1, 0.15) is 12.0 Å². The van der Waals surface area contributed by atoms with Gasteiger partial charge in [0.2, 0.25) is 15.9 Å². The van der Waals surface area contributed by atoms with E-state index in [1.54, 1.807) is 12.1 Å². The maximum Gasteiger partial charge on any atom is 0.243 e. The Labute approximate surface area is 144 Å². The fourth-order valence-corrected chi connectivity index (χ4v) is 3.75. The second-order valence-electron chi connectivity index (χ2n) is 4.99. The summed E-state index contributed by atoms with van der Waals surface area (Å²) in [5.41, 5.74) is 6.01. The molecule has 0 heterocycles. The molecule has 0 radical (unpaired) electrons. The minimum absolute atomic E-state index is 0.0252. The molecule has 0 spiro atoms. The lowest BCUT2D eigenvalue weighted by atomic mass is 10.2. The molecule has 2 N–H and O–H groups in total. The molecule has 0 aliphatic heterocycles. The van der Waals surface area contributed by atoms with Gasteiger partial charge in [0.05, 0.1) is 4.90 Å². The Hall–Kier alpha value is -1.70. The Bertz CT molecular complexity index is 762. The first-order valence-electron chi connectivity index (χ1n) is 6.97. The number of halogens is 1. The zero-order chi connectivity index (χ0) is 16.9. The van der Waals surface area contributed by atoms with Gasteiger partial charge in [0.25, 0.3) is 0 Å². The molecular weight excluding hydrogens is 380 g/mol. The summed E-state index contributed by atoms with van der Waals surface area (Å²) in [5.74, 6) is -0.533. The van der Waals surface area contributed by atoms with Crippen LogP contribution in [0.15, 0.2) is 64.0 Å². The molecule has 7 heteroatoms. The van der Waals surface area contributed by atoms with E-state index in [0.29, 0.717) is 0 Å². The lowest BCUT2D eigenvalue weighted by molar-refractivity contribution is -0.118. The molecule has 0 aromatic heterocycles. The number of sulfonamides is 1. The Kier molecular flexibility index (Phi) is 5.92. The highest BCUT2D eigenvalue weighted by Gasteiger charge is 2.24. The zero-order valence-electron chi connectivity index (χ0n) is 12.4. The normalized spacial score (nSPS) is 11.6. The average molecular weight is 397 g/mol. The number of amides is 1. The fraction of sp³-hybridized carbons (Fsp3) is 0.188. The topological polar surface area (TPSA) is 80.5 Å². The molecule has 0 aliphatic rings. The number of rotatable bonds is 7. The second-order valence-corrected chi connectivity index (χ2v) is 7.85. The van der Waals surface area contributed by atoms with Gasteiger partial charge < -0.3 is 5.73 Å². The van der Waals surface area contributed by atoms with E-state index in [1.165, 1.54) is 16.4 Å². The van der Waals surface area contributed by atoms with Crippen LogP contribution in [0.25, 0.3) is 0 Å². The van der Waals surface area contributed by atoms with Crippen LogP contribution in [0, 0.1) is 0 Å². The van der Waals surface area contributed by atoms with Crippen LogP contribution in [0.4, 0.5) is 0 Å². The lowest BCUT2D eigenvalue weighted by Crippen LogP contribution is -2.33. The molecule has 23 heavy (non-hydrogen) atoms. The van der Waals surface area contributed by atoms with E-state index < -0.39 is 15.9 Å². The molecule has 1 amide bonds. The van der Waals surface area contributed by atoms with Crippen molar-refractivity contribution in [1.29, 1.82) is 0 Å². The highest BCUT2D eigenvalue weighted by molar-refractivity contribution is 9.10. The number of carbonyl (C=O) groups excluding carboxylic acids is 1. The summed E-state index contributed by atoms with van der Waals surface area (Å²) in [6.45, 7) is 0.231. The van der Waals surface area contributed by atoms with E-state index in [0.717, 1.165) is 10.0 Å². The minimum Gasteiger partial charge on any atom is -0.370 e. The molecule has 0 atom stereocenters. The number of carbonyl (C=O) groups is 1. The number of nitrogens with two attached hydrogens (primary N) is 1.